The number of hydrogen-bond acceptors (Lipinski definition) is 4. The van der Waals surface area contributed by atoms with E-state index in [4.69, 9.17) is 5.11 Å². The molecule has 0 atom stereocenters. The van der Waals surface area contributed by atoms with Gasteiger partial charge in [-0.3, -0.25) is 4.79 Å². The molecule has 12 heavy (non-hydrogen) atoms. The molecule has 0 aromatic heterocycles. The van der Waals surface area contributed by atoms with E-state index in [-0.39, 0.29) is 6.42 Å². The lowest BCUT2D eigenvalue weighted by Gasteiger charge is -1.93. The Morgan fingerprint density at radius 1 is 1.33 bits per heavy atom. The highest BCUT2D eigenvalue weighted by atomic mass is 16.6. The zero-order chi connectivity index (χ0) is 9.56. The molecule has 0 heterocycles. The summed E-state index contributed by atoms with van der Waals surface area (Å²) in [5.74, 6) is -2.92. The first-order valence-electron chi connectivity index (χ1n) is 3.22. The van der Waals surface area contributed by atoms with Gasteiger partial charge in [0.05, 0.1) is 0 Å². The number of hydrogen-bond donors (Lipinski definition) is 1. The molecule has 0 radical (unpaired) electrons. The van der Waals surface area contributed by atoms with Crippen molar-refractivity contribution >= 4 is 17.9 Å². The Labute approximate surface area is 68.6 Å². The molecular weight excluding hydrogens is 164 g/mol. The van der Waals surface area contributed by atoms with Crippen LogP contribution in [0.4, 0.5) is 0 Å². The standard InChI is InChI=1S/C7H8O5/c1-2-6(10)12-7(11)4-3-5(8)9/h3-4H,2H2,1H3,(H,8,9)/b4-3+. The van der Waals surface area contributed by atoms with Crippen LogP contribution < -0.4 is 0 Å². The predicted octanol–water partition coefficient (Wildman–Crippen LogP) is 0.107. The maximum absolute atomic E-state index is 10.5. The van der Waals surface area contributed by atoms with E-state index in [1.807, 2.05) is 0 Å². The zero-order valence-corrected chi connectivity index (χ0v) is 6.44. The Balaban J connectivity index is 3.90. The quantitative estimate of drug-likeness (QED) is 0.371. The van der Waals surface area contributed by atoms with Gasteiger partial charge in [-0.1, -0.05) is 6.92 Å². The van der Waals surface area contributed by atoms with Gasteiger partial charge in [0.15, 0.2) is 0 Å². The third-order valence-corrected chi connectivity index (χ3v) is 0.865. The summed E-state index contributed by atoms with van der Waals surface area (Å²) >= 11 is 0. The third-order valence-electron chi connectivity index (χ3n) is 0.865. The molecule has 0 spiro atoms. The van der Waals surface area contributed by atoms with Crippen molar-refractivity contribution in [1.29, 1.82) is 0 Å². The molecule has 1 N–H and O–H groups in total. The highest BCUT2D eigenvalue weighted by Gasteiger charge is 2.04. The van der Waals surface area contributed by atoms with Crippen LogP contribution in [0.25, 0.3) is 0 Å². The molecule has 0 unspecified atom stereocenters. The summed E-state index contributed by atoms with van der Waals surface area (Å²) < 4.78 is 4.12. The first-order valence-corrected chi connectivity index (χ1v) is 3.22. The van der Waals surface area contributed by atoms with Crippen LogP contribution in [-0.4, -0.2) is 23.0 Å². The molecule has 0 saturated heterocycles. The lowest BCUT2D eigenvalue weighted by molar-refractivity contribution is -0.156. The van der Waals surface area contributed by atoms with Crippen LogP contribution in [0.15, 0.2) is 12.2 Å². The topological polar surface area (TPSA) is 80.7 Å². The Morgan fingerprint density at radius 3 is 2.33 bits per heavy atom. The smallest absolute Gasteiger partial charge is 0.338 e. The van der Waals surface area contributed by atoms with Crippen molar-refractivity contribution in [1.82, 2.24) is 0 Å². The van der Waals surface area contributed by atoms with Crippen LogP contribution in [0, 0.1) is 0 Å². The van der Waals surface area contributed by atoms with E-state index in [1.165, 1.54) is 6.92 Å². The molecule has 5 nitrogen and oxygen atoms in total. The second-order valence-corrected chi connectivity index (χ2v) is 1.82. The molecule has 66 valence electrons. The number of aliphatic carboxylic acids is 1. The molecule has 0 rings (SSSR count). The van der Waals surface area contributed by atoms with Gasteiger partial charge >= 0.3 is 17.9 Å². The summed E-state index contributed by atoms with van der Waals surface area (Å²) in [7, 11) is 0. The van der Waals surface area contributed by atoms with Crippen LogP contribution in [0.1, 0.15) is 13.3 Å². The minimum Gasteiger partial charge on any atom is -0.478 e. The van der Waals surface area contributed by atoms with Crippen LogP contribution in [0.2, 0.25) is 0 Å². The lowest BCUT2D eigenvalue weighted by Crippen LogP contribution is -2.08. The Hall–Kier alpha value is -1.65. The van der Waals surface area contributed by atoms with Crippen molar-refractivity contribution < 1.29 is 24.2 Å². The minimum atomic E-state index is -1.27. The van der Waals surface area contributed by atoms with Crippen molar-refractivity contribution in [3.63, 3.8) is 0 Å². The summed E-state index contributed by atoms with van der Waals surface area (Å²) in [6.07, 6.45) is 1.35. The van der Waals surface area contributed by atoms with E-state index >= 15 is 0 Å². The molecule has 0 aliphatic heterocycles. The number of ether oxygens (including phenoxy) is 1. The second-order valence-electron chi connectivity index (χ2n) is 1.82. The predicted molar refractivity (Wildman–Crippen MR) is 38.2 cm³/mol. The summed E-state index contributed by atoms with van der Waals surface area (Å²) in [6.45, 7) is 1.52. The molecule has 0 aromatic carbocycles. The summed E-state index contributed by atoms with van der Waals surface area (Å²) in [4.78, 5) is 30.8. The van der Waals surface area contributed by atoms with Crippen LogP contribution in [0.5, 0.6) is 0 Å². The van der Waals surface area contributed by atoms with Gasteiger partial charge in [-0.05, 0) is 0 Å². The molecular formula is C7H8O5. The van der Waals surface area contributed by atoms with Gasteiger partial charge in [0.25, 0.3) is 0 Å². The molecule has 0 bridgehead atoms. The highest BCUT2D eigenvalue weighted by molar-refractivity contribution is 5.95. The van der Waals surface area contributed by atoms with Crippen molar-refractivity contribution in [2.24, 2.45) is 0 Å². The largest absolute Gasteiger partial charge is 0.478 e. The Bertz CT molecular complexity index is 228. The Kier molecular flexibility index (Phi) is 4.36. The van der Waals surface area contributed by atoms with Gasteiger partial charge in [-0.15, -0.1) is 0 Å². The van der Waals surface area contributed by atoms with Crippen LogP contribution in [0.3, 0.4) is 0 Å². The van der Waals surface area contributed by atoms with E-state index in [0.29, 0.717) is 12.2 Å². The molecule has 0 amide bonds. The molecule has 0 aliphatic carbocycles. The fourth-order valence-corrected chi connectivity index (χ4v) is 0.358. The molecule has 5 heteroatoms. The van der Waals surface area contributed by atoms with Crippen molar-refractivity contribution in [2.45, 2.75) is 13.3 Å². The molecule has 0 aromatic rings. The zero-order valence-electron chi connectivity index (χ0n) is 6.44. The lowest BCUT2D eigenvalue weighted by atomic mass is 10.5. The summed E-state index contributed by atoms with van der Waals surface area (Å²) in [5, 5.41) is 8.07. The SMILES string of the molecule is CCC(=O)OC(=O)/C=C/C(=O)O. The molecule has 0 saturated carbocycles. The van der Waals surface area contributed by atoms with E-state index in [0.717, 1.165) is 0 Å². The normalized spacial score (nSPS) is 9.75. The van der Waals surface area contributed by atoms with Crippen molar-refractivity contribution in [3.8, 4) is 0 Å². The first-order chi connectivity index (χ1) is 5.56. The Morgan fingerprint density at radius 2 is 1.92 bits per heavy atom. The average Bonchev–Trinajstić information content (AvgIpc) is 2.00. The fourth-order valence-electron chi connectivity index (χ4n) is 0.358. The number of carboxylic acid groups (broad SMARTS) is 1. The fraction of sp³-hybridized carbons (Fsp3) is 0.286. The number of carbonyl (C=O) groups excluding carboxylic acids is 2. The van der Waals surface area contributed by atoms with E-state index < -0.39 is 17.9 Å². The van der Waals surface area contributed by atoms with Gasteiger partial charge in [-0.2, -0.15) is 0 Å². The van der Waals surface area contributed by atoms with Crippen molar-refractivity contribution in [2.75, 3.05) is 0 Å². The van der Waals surface area contributed by atoms with Gasteiger partial charge in [0, 0.05) is 18.6 Å². The van der Waals surface area contributed by atoms with Crippen molar-refractivity contribution in [3.05, 3.63) is 12.2 Å². The molecule has 0 fully saturated rings. The second kappa shape index (κ2) is 5.06. The van der Waals surface area contributed by atoms with E-state index in [9.17, 15) is 14.4 Å². The van der Waals surface area contributed by atoms with Crippen LogP contribution >= 0.6 is 0 Å². The number of rotatable bonds is 3. The van der Waals surface area contributed by atoms with Crippen LogP contribution in [-0.2, 0) is 19.1 Å². The van der Waals surface area contributed by atoms with Gasteiger partial charge in [0.1, 0.15) is 0 Å². The average molecular weight is 172 g/mol. The maximum atomic E-state index is 10.5. The minimum absolute atomic E-state index is 0.0760. The number of carboxylic acids is 1. The summed E-state index contributed by atoms with van der Waals surface area (Å²) in [5.41, 5.74) is 0. The third kappa shape index (κ3) is 5.16. The van der Waals surface area contributed by atoms with E-state index in [1.54, 1.807) is 0 Å². The monoisotopic (exact) mass is 172 g/mol. The maximum Gasteiger partial charge on any atom is 0.338 e. The highest BCUT2D eigenvalue weighted by Crippen LogP contribution is 1.87. The number of esters is 2. The first kappa shape index (κ1) is 10.3. The van der Waals surface area contributed by atoms with Gasteiger partial charge < -0.3 is 9.84 Å². The molecule has 0 aliphatic rings. The number of carbonyl (C=O) groups is 3. The van der Waals surface area contributed by atoms with Gasteiger partial charge in [0.2, 0.25) is 0 Å². The van der Waals surface area contributed by atoms with E-state index in [2.05, 4.69) is 4.74 Å². The van der Waals surface area contributed by atoms with Gasteiger partial charge in [-0.25, -0.2) is 9.59 Å². The summed E-state index contributed by atoms with van der Waals surface area (Å²) in [6, 6.07) is 0.